The predicted molar refractivity (Wildman–Crippen MR) is 52.1 cm³/mol. The average molecular weight is 200 g/mol. The van der Waals surface area contributed by atoms with Gasteiger partial charge in [0.25, 0.3) is 0 Å². The summed E-state index contributed by atoms with van der Waals surface area (Å²) in [6, 6.07) is 0. The second-order valence-electron chi connectivity index (χ2n) is 4.20. The van der Waals surface area contributed by atoms with Gasteiger partial charge in [-0.05, 0) is 25.2 Å². The van der Waals surface area contributed by atoms with Crippen molar-refractivity contribution in [3.63, 3.8) is 0 Å². The molecule has 2 aliphatic carbocycles. The Kier molecular flexibility index (Phi) is 1.91. The predicted octanol–water partition coefficient (Wildman–Crippen LogP) is 2.85. The molecular formula is C10H14ClNO. The first-order valence-corrected chi connectivity index (χ1v) is 4.74. The van der Waals surface area contributed by atoms with Crippen molar-refractivity contribution in [2.75, 3.05) is 0 Å². The van der Waals surface area contributed by atoms with E-state index in [4.69, 9.17) is 4.42 Å². The first-order chi connectivity index (χ1) is 5.81. The third-order valence-electron chi connectivity index (χ3n) is 3.54. The van der Waals surface area contributed by atoms with Gasteiger partial charge in [-0.1, -0.05) is 6.42 Å². The maximum Gasteiger partial charge on any atom is 0.191 e. The first kappa shape index (κ1) is 9.07. The van der Waals surface area contributed by atoms with Crippen molar-refractivity contribution in [1.29, 1.82) is 0 Å². The quantitative estimate of drug-likeness (QED) is 0.695. The molecule has 1 aromatic heterocycles. The lowest BCUT2D eigenvalue weighted by molar-refractivity contribution is 0.518. The van der Waals surface area contributed by atoms with E-state index >= 15 is 0 Å². The summed E-state index contributed by atoms with van der Waals surface area (Å²) < 4.78 is 5.26. The van der Waals surface area contributed by atoms with Crippen LogP contribution in [0.25, 0.3) is 0 Å². The van der Waals surface area contributed by atoms with Crippen LogP contribution in [0.4, 0.5) is 0 Å². The van der Waals surface area contributed by atoms with Crippen LogP contribution in [0, 0.1) is 12.8 Å². The molecule has 3 heteroatoms. The summed E-state index contributed by atoms with van der Waals surface area (Å²) in [7, 11) is 0. The Labute approximate surface area is 84.1 Å². The van der Waals surface area contributed by atoms with Gasteiger partial charge in [-0.15, -0.1) is 12.4 Å². The van der Waals surface area contributed by atoms with Crippen LogP contribution in [0.1, 0.15) is 37.3 Å². The number of nitrogens with zero attached hydrogens (tertiary/aromatic N) is 1. The molecule has 13 heavy (non-hydrogen) atoms. The topological polar surface area (TPSA) is 26.0 Å². The van der Waals surface area contributed by atoms with Crippen LogP contribution in [0.15, 0.2) is 10.7 Å². The molecule has 2 atom stereocenters. The fraction of sp³-hybridized carbons (Fsp3) is 0.700. The third-order valence-corrected chi connectivity index (χ3v) is 3.54. The minimum absolute atomic E-state index is 0. The number of hydrogen-bond acceptors (Lipinski definition) is 2. The Hall–Kier alpha value is -0.500. The van der Waals surface area contributed by atoms with Crippen molar-refractivity contribution in [3.05, 3.63) is 17.8 Å². The highest BCUT2D eigenvalue weighted by molar-refractivity contribution is 5.85. The second kappa shape index (κ2) is 2.74. The molecule has 0 radical (unpaired) electrons. The number of fused-ring (bicyclic) bond motifs is 1. The van der Waals surface area contributed by atoms with Crippen LogP contribution in [-0.4, -0.2) is 4.98 Å². The molecule has 2 nitrogen and oxygen atoms in total. The van der Waals surface area contributed by atoms with Gasteiger partial charge in [-0.2, -0.15) is 0 Å². The molecule has 2 fully saturated rings. The van der Waals surface area contributed by atoms with Crippen molar-refractivity contribution in [2.45, 2.75) is 38.0 Å². The van der Waals surface area contributed by atoms with Gasteiger partial charge < -0.3 is 4.42 Å². The van der Waals surface area contributed by atoms with Crippen molar-refractivity contribution >= 4 is 12.4 Å². The number of rotatable bonds is 1. The number of aryl methyl sites for hydroxylation is 1. The molecule has 0 bridgehead atoms. The van der Waals surface area contributed by atoms with E-state index in [1.807, 2.05) is 13.2 Å². The van der Waals surface area contributed by atoms with E-state index in [1.54, 1.807) is 0 Å². The Bertz CT molecular complexity index is 322. The molecule has 0 N–H and O–H groups in total. The standard InChI is InChI=1S/C10H13NO.ClH/c1-7-11-9(6-12-7)10-4-2-3-8(10)5-10;/h6,8H,2-5H2,1H3;1H. The van der Waals surface area contributed by atoms with Gasteiger partial charge in [-0.25, -0.2) is 4.98 Å². The Morgan fingerprint density at radius 3 is 2.92 bits per heavy atom. The molecule has 72 valence electrons. The van der Waals surface area contributed by atoms with Gasteiger partial charge >= 0.3 is 0 Å². The van der Waals surface area contributed by atoms with Crippen molar-refractivity contribution in [2.24, 2.45) is 5.92 Å². The molecular weight excluding hydrogens is 186 g/mol. The molecule has 0 amide bonds. The summed E-state index contributed by atoms with van der Waals surface area (Å²) >= 11 is 0. The van der Waals surface area contributed by atoms with Crippen LogP contribution in [0.2, 0.25) is 0 Å². The molecule has 0 saturated heterocycles. The number of aromatic nitrogens is 1. The van der Waals surface area contributed by atoms with Crippen molar-refractivity contribution in [1.82, 2.24) is 4.98 Å². The van der Waals surface area contributed by atoms with E-state index in [0.29, 0.717) is 5.41 Å². The molecule has 2 saturated carbocycles. The molecule has 1 aromatic rings. The highest BCUT2D eigenvalue weighted by Crippen LogP contribution is 2.63. The van der Waals surface area contributed by atoms with Crippen LogP contribution in [-0.2, 0) is 5.41 Å². The first-order valence-electron chi connectivity index (χ1n) is 4.74. The van der Waals surface area contributed by atoms with E-state index in [1.165, 1.54) is 31.4 Å². The molecule has 2 unspecified atom stereocenters. The monoisotopic (exact) mass is 199 g/mol. The zero-order valence-electron chi connectivity index (χ0n) is 7.75. The van der Waals surface area contributed by atoms with Crippen LogP contribution >= 0.6 is 12.4 Å². The van der Waals surface area contributed by atoms with Gasteiger partial charge in [0, 0.05) is 12.3 Å². The van der Waals surface area contributed by atoms with Crippen molar-refractivity contribution < 1.29 is 4.42 Å². The lowest BCUT2D eigenvalue weighted by Gasteiger charge is -2.05. The van der Waals surface area contributed by atoms with Gasteiger partial charge in [0.05, 0.1) is 5.69 Å². The van der Waals surface area contributed by atoms with Gasteiger partial charge in [0.15, 0.2) is 5.89 Å². The largest absolute Gasteiger partial charge is 0.449 e. The summed E-state index contributed by atoms with van der Waals surface area (Å²) in [6.45, 7) is 1.92. The van der Waals surface area contributed by atoms with Crippen LogP contribution in [0.3, 0.4) is 0 Å². The zero-order chi connectivity index (χ0) is 8.18. The summed E-state index contributed by atoms with van der Waals surface area (Å²) in [4.78, 5) is 4.44. The van der Waals surface area contributed by atoms with Crippen molar-refractivity contribution in [3.8, 4) is 0 Å². The fourth-order valence-electron chi connectivity index (χ4n) is 2.76. The number of oxazole rings is 1. The summed E-state index contributed by atoms with van der Waals surface area (Å²) in [6.07, 6.45) is 7.35. The van der Waals surface area contributed by atoms with Gasteiger partial charge in [0.2, 0.25) is 0 Å². The van der Waals surface area contributed by atoms with Gasteiger partial charge in [-0.3, -0.25) is 0 Å². The lowest BCUT2D eigenvalue weighted by atomic mass is 10.0. The van der Waals surface area contributed by atoms with E-state index in [-0.39, 0.29) is 12.4 Å². The molecule has 0 aliphatic heterocycles. The average Bonchev–Trinajstić information content (AvgIpc) is 2.50. The van der Waals surface area contributed by atoms with Crippen LogP contribution in [0.5, 0.6) is 0 Å². The summed E-state index contributed by atoms with van der Waals surface area (Å²) in [5.74, 6) is 1.75. The Balaban J connectivity index is 0.000000653. The molecule has 0 spiro atoms. The van der Waals surface area contributed by atoms with E-state index in [9.17, 15) is 0 Å². The smallest absolute Gasteiger partial charge is 0.191 e. The zero-order valence-corrected chi connectivity index (χ0v) is 8.56. The Morgan fingerprint density at radius 2 is 2.46 bits per heavy atom. The van der Waals surface area contributed by atoms with Crippen LogP contribution < -0.4 is 0 Å². The Morgan fingerprint density at radius 1 is 1.62 bits per heavy atom. The van der Waals surface area contributed by atoms with E-state index in [2.05, 4.69) is 4.98 Å². The minimum atomic E-state index is 0. The highest BCUT2D eigenvalue weighted by Gasteiger charge is 2.59. The third kappa shape index (κ3) is 1.12. The lowest BCUT2D eigenvalue weighted by Crippen LogP contribution is -2.05. The maximum absolute atomic E-state index is 5.26. The SMILES string of the molecule is Cc1nc(C23CCCC2C3)co1.Cl. The second-order valence-corrected chi connectivity index (χ2v) is 4.20. The van der Waals surface area contributed by atoms with E-state index in [0.717, 1.165) is 11.8 Å². The molecule has 0 aromatic carbocycles. The minimum Gasteiger partial charge on any atom is -0.449 e. The summed E-state index contributed by atoms with van der Waals surface area (Å²) in [5, 5.41) is 0. The van der Waals surface area contributed by atoms with Gasteiger partial charge in [0.1, 0.15) is 6.26 Å². The number of halogens is 1. The molecule has 3 rings (SSSR count). The summed E-state index contributed by atoms with van der Waals surface area (Å²) in [5.41, 5.74) is 1.69. The molecule has 2 aliphatic rings. The maximum atomic E-state index is 5.26. The van der Waals surface area contributed by atoms with E-state index < -0.39 is 0 Å². The highest BCUT2D eigenvalue weighted by atomic mass is 35.5. The normalized spacial score (nSPS) is 35.3. The number of hydrogen-bond donors (Lipinski definition) is 0. The fourth-order valence-corrected chi connectivity index (χ4v) is 2.76. The molecule has 1 heterocycles.